The zero-order chi connectivity index (χ0) is 20.5. The SMILES string of the molecule is CC(=O)NC12CC(C(=O)N3CCN(C4/C=C\CCCCCCCC4)C(=O)C3)(C1)C2. The molecule has 1 N–H and O–H groups in total. The van der Waals surface area contributed by atoms with Crippen LogP contribution in [0.1, 0.15) is 77.6 Å². The molecule has 3 saturated carbocycles. The van der Waals surface area contributed by atoms with Gasteiger partial charge in [-0.2, -0.15) is 0 Å². The molecular weight excluding hydrogens is 366 g/mol. The molecule has 3 amide bonds. The summed E-state index contributed by atoms with van der Waals surface area (Å²) >= 11 is 0. The number of carbonyl (C=O) groups excluding carboxylic acids is 3. The third kappa shape index (κ3) is 4.08. The second kappa shape index (κ2) is 8.11. The first-order valence-corrected chi connectivity index (χ1v) is 11.5. The highest BCUT2D eigenvalue weighted by Gasteiger charge is 2.72. The first-order chi connectivity index (χ1) is 13.9. The molecule has 29 heavy (non-hydrogen) atoms. The summed E-state index contributed by atoms with van der Waals surface area (Å²) in [6.07, 6.45) is 16.4. The molecule has 2 bridgehead atoms. The van der Waals surface area contributed by atoms with E-state index in [1.807, 2.05) is 4.90 Å². The topological polar surface area (TPSA) is 69.7 Å². The zero-order valence-corrected chi connectivity index (χ0v) is 17.8. The molecule has 1 atom stereocenters. The molecule has 6 nitrogen and oxygen atoms in total. The maximum Gasteiger partial charge on any atom is 0.242 e. The Morgan fingerprint density at radius 2 is 1.72 bits per heavy atom. The predicted molar refractivity (Wildman–Crippen MR) is 111 cm³/mol. The smallest absolute Gasteiger partial charge is 0.242 e. The molecule has 1 heterocycles. The maximum atomic E-state index is 13.0. The number of nitrogens with zero attached hydrogens (tertiary/aromatic N) is 2. The van der Waals surface area contributed by atoms with Gasteiger partial charge in [0.2, 0.25) is 17.7 Å². The molecule has 6 heteroatoms. The number of allylic oxidation sites excluding steroid dienone is 1. The van der Waals surface area contributed by atoms with Crippen LogP contribution < -0.4 is 5.32 Å². The summed E-state index contributed by atoms with van der Waals surface area (Å²) in [5.74, 6) is 0.178. The first-order valence-electron chi connectivity index (χ1n) is 11.5. The largest absolute Gasteiger partial charge is 0.351 e. The summed E-state index contributed by atoms with van der Waals surface area (Å²) in [6, 6.07) is 0.177. The molecule has 0 radical (unpaired) electrons. The van der Waals surface area contributed by atoms with Gasteiger partial charge >= 0.3 is 0 Å². The van der Waals surface area contributed by atoms with Crippen molar-refractivity contribution in [3.63, 3.8) is 0 Å². The lowest BCUT2D eigenvalue weighted by atomic mass is 9.39. The fourth-order valence-corrected chi connectivity index (χ4v) is 6.00. The van der Waals surface area contributed by atoms with Crippen molar-refractivity contribution < 1.29 is 14.4 Å². The normalized spacial score (nSPS) is 36.3. The fourth-order valence-electron chi connectivity index (χ4n) is 6.00. The zero-order valence-electron chi connectivity index (χ0n) is 17.8. The minimum absolute atomic E-state index is 0.0241. The van der Waals surface area contributed by atoms with Gasteiger partial charge in [-0.05, 0) is 38.5 Å². The molecule has 0 aromatic rings. The van der Waals surface area contributed by atoms with Gasteiger partial charge in [-0.15, -0.1) is 0 Å². The van der Waals surface area contributed by atoms with Crippen LogP contribution in [0, 0.1) is 5.41 Å². The van der Waals surface area contributed by atoms with Crippen LogP contribution in [0.4, 0.5) is 0 Å². The van der Waals surface area contributed by atoms with Crippen molar-refractivity contribution in [3.05, 3.63) is 12.2 Å². The van der Waals surface area contributed by atoms with Crippen molar-refractivity contribution in [2.24, 2.45) is 5.41 Å². The molecule has 5 aliphatic rings. The summed E-state index contributed by atoms with van der Waals surface area (Å²) < 4.78 is 0. The summed E-state index contributed by atoms with van der Waals surface area (Å²) in [4.78, 5) is 41.1. The lowest BCUT2D eigenvalue weighted by Gasteiger charge is -2.69. The van der Waals surface area contributed by atoms with Gasteiger partial charge in [0.1, 0.15) is 0 Å². The lowest BCUT2D eigenvalue weighted by molar-refractivity contribution is -0.195. The Balaban J connectivity index is 1.32. The van der Waals surface area contributed by atoms with E-state index >= 15 is 0 Å². The van der Waals surface area contributed by atoms with E-state index in [-0.39, 0.29) is 41.3 Å². The Bertz CT molecular complexity index is 682. The van der Waals surface area contributed by atoms with E-state index in [0.717, 1.165) is 38.5 Å². The van der Waals surface area contributed by atoms with Crippen LogP contribution in [0.15, 0.2) is 12.2 Å². The van der Waals surface area contributed by atoms with Crippen LogP contribution in [-0.2, 0) is 14.4 Å². The van der Waals surface area contributed by atoms with Gasteiger partial charge < -0.3 is 15.1 Å². The minimum atomic E-state index is -0.320. The molecule has 1 unspecified atom stereocenters. The molecule has 0 aromatic heterocycles. The van der Waals surface area contributed by atoms with Gasteiger partial charge in [-0.25, -0.2) is 0 Å². The maximum absolute atomic E-state index is 13.0. The number of carbonyl (C=O) groups is 3. The van der Waals surface area contributed by atoms with Crippen molar-refractivity contribution >= 4 is 17.7 Å². The number of hydrogen-bond donors (Lipinski definition) is 1. The Labute approximate surface area is 174 Å². The van der Waals surface area contributed by atoms with Crippen LogP contribution in [0.25, 0.3) is 0 Å². The molecule has 0 aromatic carbocycles. The summed E-state index contributed by atoms with van der Waals surface area (Å²) in [6.45, 7) is 3.00. The van der Waals surface area contributed by atoms with E-state index in [4.69, 9.17) is 0 Å². The minimum Gasteiger partial charge on any atom is -0.351 e. The highest BCUT2D eigenvalue weighted by Crippen LogP contribution is 2.67. The number of hydrogen-bond acceptors (Lipinski definition) is 3. The van der Waals surface area contributed by atoms with Crippen LogP contribution >= 0.6 is 0 Å². The molecule has 4 fully saturated rings. The van der Waals surface area contributed by atoms with Gasteiger partial charge in [-0.1, -0.05) is 44.3 Å². The van der Waals surface area contributed by atoms with E-state index in [2.05, 4.69) is 17.5 Å². The van der Waals surface area contributed by atoms with Gasteiger partial charge in [0, 0.05) is 25.6 Å². The molecule has 160 valence electrons. The van der Waals surface area contributed by atoms with E-state index < -0.39 is 0 Å². The van der Waals surface area contributed by atoms with Gasteiger partial charge in [-0.3, -0.25) is 14.4 Å². The van der Waals surface area contributed by atoms with E-state index in [1.165, 1.54) is 39.0 Å². The molecule has 4 aliphatic carbocycles. The monoisotopic (exact) mass is 401 g/mol. The number of amides is 3. The van der Waals surface area contributed by atoms with Crippen molar-refractivity contribution in [1.29, 1.82) is 0 Å². The van der Waals surface area contributed by atoms with Gasteiger partial charge in [0.15, 0.2) is 0 Å². The quantitative estimate of drug-likeness (QED) is 0.740. The second-order valence-electron chi connectivity index (χ2n) is 9.78. The Hall–Kier alpha value is -1.85. The van der Waals surface area contributed by atoms with Gasteiger partial charge in [0.05, 0.1) is 18.0 Å². The van der Waals surface area contributed by atoms with Crippen LogP contribution in [-0.4, -0.2) is 58.7 Å². The fraction of sp³-hybridized carbons (Fsp3) is 0.783. The predicted octanol–water partition coefficient (Wildman–Crippen LogP) is 2.78. The lowest BCUT2D eigenvalue weighted by Crippen LogP contribution is -2.78. The molecule has 5 rings (SSSR count). The average Bonchev–Trinajstić information content (AvgIpc) is 2.68. The highest BCUT2D eigenvalue weighted by atomic mass is 16.2. The van der Waals surface area contributed by atoms with Crippen LogP contribution in [0.5, 0.6) is 0 Å². The molecule has 1 saturated heterocycles. The van der Waals surface area contributed by atoms with E-state index in [9.17, 15) is 14.4 Å². The Morgan fingerprint density at radius 3 is 2.41 bits per heavy atom. The van der Waals surface area contributed by atoms with E-state index in [1.54, 1.807) is 4.90 Å². The van der Waals surface area contributed by atoms with Crippen LogP contribution in [0.2, 0.25) is 0 Å². The van der Waals surface area contributed by atoms with Crippen molar-refractivity contribution in [2.45, 2.75) is 89.1 Å². The standard InChI is InChI=1S/C23H35N3O3/c1-18(27)24-23-15-22(16-23,17-23)21(29)25-12-13-26(20(28)14-25)19-10-8-6-4-2-3-5-7-9-11-19/h8,10,19H,2-7,9,11-17H2,1H3,(H,24,27)/b10-8-. The number of nitrogens with one attached hydrogen (secondary N) is 1. The molecule has 0 spiro atoms. The number of rotatable bonds is 3. The molecular formula is C23H35N3O3. The summed E-state index contributed by atoms with van der Waals surface area (Å²) in [5, 5.41) is 3.00. The average molecular weight is 402 g/mol. The Morgan fingerprint density at radius 1 is 1.03 bits per heavy atom. The summed E-state index contributed by atoms with van der Waals surface area (Å²) in [7, 11) is 0. The van der Waals surface area contributed by atoms with Gasteiger partial charge in [0.25, 0.3) is 0 Å². The Kier molecular flexibility index (Phi) is 5.71. The van der Waals surface area contributed by atoms with Crippen molar-refractivity contribution in [3.8, 4) is 0 Å². The van der Waals surface area contributed by atoms with E-state index in [0.29, 0.717) is 13.1 Å². The van der Waals surface area contributed by atoms with Crippen molar-refractivity contribution in [1.82, 2.24) is 15.1 Å². The van der Waals surface area contributed by atoms with Crippen molar-refractivity contribution in [2.75, 3.05) is 19.6 Å². The molecule has 1 aliphatic heterocycles. The third-order valence-electron chi connectivity index (χ3n) is 7.35. The summed E-state index contributed by atoms with van der Waals surface area (Å²) in [5.41, 5.74) is -0.466. The second-order valence-corrected chi connectivity index (χ2v) is 9.78. The highest BCUT2D eigenvalue weighted by molar-refractivity contribution is 5.92. The number of piperazine rings is 1. The first kappa shape index (κ1) is 20.4. The van der Waals surface area contributed by atoms with Crippen LogP contribution in [0.3, 0.4) is 0 Å². The third-order valence-corrected chi connectivity index (χ3v) is 7.35.